The van der Waals surface area contributed by atoms with E-state index in [1.165, 1.54) is 257 Å². The molecule has 0 aliphatic heterocycles. The SMILES string of the molecule is CCCCC/C=C\C/C=C\C/C=C\C/C=C\CCCCCCCCCCCCCC(=O)NC(COP(=O)([O-])OCC[N+](C)(C)C)C(/C=C/CCCCCCCCCCC)OC(=O)CCCCCCCCCCCCCCCCCCCCCCCCC. The first-order chi connectivity index (χ1) is 42.4. The zero-order valence-corrected chi connectivity index (χ0v) is 59.4. The van der Waals surface area contributed by atoms with Crippen LogP contribution in [0.4, 0.5) is 0 Å². The van der Waals surface area contributed by atoms with E-state index in [1.54, 1.807) is 0 Å². The molecule has 0 heterocycles. The average Bonchev–Trinajstić information content (AvgIpc) is 3.70. The molecule has 0 aromatic rings. The first-order valence-electron chi connectivity index (χ1n) is 37.6. The molecular formula is C77H145N2O7P. The predicted molar refractivity (Wildman–Crippen MR) is 376 cm³/mol. The van der Waals surface area contributed by atoms with E-state index in [1.807, 2.05) is 33.3 Å². The summed E-state index contributed by atoms with van der Waals surface area (Å²) < 4.78 is 30.5. The maximum Gasteiger partial charge on any atom is 0.306 e. The quantitative estimate of drug-likeness (QED) is 0.0212. The molecule has 3 atom stereocenters. The average molecular weight is 1240 g/mol. The van der Waals surface area contributed by atoms with Gasteiger partial charge in [0.2, 0.25) is 5.91 Å². The summed E-state index contributed by atoms with van der Waals surface area (Å²) in [5.41, 5.74) is 0. The van der Waals surface area contributed by atoms with Crippen LogP contribution in [0.25, 0.3) is 0 Å². The largest absolute Gasteiger partial charge is 0.756 e. The van der Waals surface area contributed by atoms with Crippen LogP contribution in [0.15, 0.2) is 60.8 Å². The lowest BCUT2D eigenvalue weighted by Crippen LogP contribution is -2.47. The summed E-state index contributed by atoms with van der Waals surface area (Å²) in [6.45, 7) is 6.86. The minimum absolute atomic E-state index is 0.0221. The van der Waals surface area contributed by atoms with E-state index in [0.29, 0.717) is 17.4 Å². The van der Waals surface area contributed by atoms with Crippen molar-refractivity contribution in [1.82, 2.24) is 5.32 Å². The topological polar surface area (TPSA) is 114 Å². The highest BCUT2D eigenvalue weighted by Gasteiger charge is 2.27. The molecule has 10 heteroatoms. The van der Waals surface area contributed by atoms with Crippen LogP contribution in [0.1, 0.15) is 367 Å². The van der Waals surface area contributed by atoms with Gasteiger partial charge in [0.25, 0.3) is 7.82 Å². The number of unbranched alkanes of at least 4 members (excludes halogenated alkanes) is 45. The van der Waals surface area contributed by atoms with Crippen molar-refractivity contribution >= 4 is 19.7 Å². The maximum atomic E-state index is 13.6. The lowest BCUT2D eigenvalue weighted by Gasteiger charge is -2.30. The molecule has 0 aromatic heterocycles. The molecule has 0 bridgehead atoms. The van der Waals surface area contributed by atoms with E-state index in [0.717, 1.165) is 77.0 Å². The number of nitrogens with zero attached hydrogens (tertiary/aromatic N) is 1. The van der Waals surface area contributed by atoms with Gasteiger partial charge in [-0.25, -0.2) is 0 Å². The van der Waals surface area contributed by atoms with E-state index in [2.05, 4.69) is 74.7 Å². The second kappa shape index (κ2) is 66.6. The maximum absolute atomic E-state index is 13.6. The number of amides is 1. The van der Waals surface area contributed by atoms with Gasteiger partial charge in [0.15, 0.2) is 0 Å². The van der Waals surface area contributed by atoms with Gasteiger partial charge in [-0.2, -0.15) is 0 Å². The highest BCUT2D eigenvalue weighted by molar-refractivity contribution is 7.45. The van der Waals surface area contributed by atoms with Gasteiger partial charge in [0.05, 0.1) is 33.8 Å². The van der Waals surface area contributed by atoms with Crippen molar-refractivity contribution in [3.63, 3.8) is 0 Å². The molecule has 0 aliphatic carbocycles. The summed E-state index contributed by atoms with van der Waals surface area (Å²) >= 11 is 0. The van der Waals surface area contributed by atoms with Crippen LogP contribution in [-0.4, -0.2) is 69.4 Å². The standard InChI is InChI=1S/C77H145N2O7P/c1-7-10-13-16-19-22-25-27-29-31-33-35-37-38-39-40-42-43-45-47-49-51-54-57-60-63-66-69-76(80)78-74(73-85-87(82,83)84-72-71-79(4,5)6)75(68-65-62-59-56-53-24-21-18-15-12-9-3)86-77(81)70-67-64-61-58-55-52-50-48-46-44-41-36-34-32-30-28-26-23-20-17-14-11-8-2/h19,22,27,29,33,35,38-39,65,68,74-75H,7-18,20-21,23-26,28,30-32,34,36-37,40-64,66-67,69-73H2,1-6H3,(H-,78,80,82,83)/b22-19-,29-27-,35-33-,39-38-,68-65+. The van der Waals surface area contributed by atoms with E-state index in [-0.39, 0.29) is 31.5 Å². The predicted octanol–water partition coefficient (Wildman–Crippen LogP) is 23.5. The van der Waals surface area contributed by atoms with Gasteiger partial charge >= 0.3 is 5.97 Å². The van der Waals surface area contributed by atoms with Crippen LogP contribution in [0, 0.1) is 0 Å². The van der Waals surface area contributed by atoms with Crippen LogP contribution in [0.5, 0.6) is 0 Å². The van der Waals surface area contributed by atoms with E-state index < -0.39 is 20.0 Å². The Hall–Kier alpha value is -2.29. The Morgan fingerprint density at radius 3 is 1.07 bits per heavy atom. The summed E-state index contributed by atoms with van der Waals surface area (Å²) in [5.74, 6) is -0.528. The number of phosphoric ester groups is 1. The van der Waals surface area contributed by atoms with Crippen molar-refractivity contribution in [3.8, 4) is 0 Å². The monoisotopic (exact) mass is 1240 g/mol. The number of carbonyl (C=O) groups is 2. The van der Waals surface area contributed by atoms with Gasteiger partial charge < -0.3 is 28.5 Å². The van der Waals surface area contributed by atoms with Crippen LogP contribution in [-0.2, 0) is 27.9 Å². The Kier molecular flexibility index (Phi) is 64.9. The zero-order valence-electron chi connectivity index (χ0n) is 58.5. The Bertz CT molecular complexity index is 1670. The number of hydrogen-bond donors (Lipinski definition) is 1. The second-order valence-electron chi connectivity index (χ2n) is 26.8. The molecule has 0 aromatic carbocycles. The first-order valence-corrected chi connectivity index (χ1v) is 39.1. The summed E-state index contributed by atoms with van der Waals surface area (Å²) in [5, 5.41) is 3.05. The van der Waals surface area contributed by atoms with Crippen LogP contribution >= 0.6 is 7.82 Å². The smallest absolute Gasteiger partial charge is 0.306 e. The Labute approximate surface area is 541 Å². The third-order valence-corrected chi connectivity index (χ3v) is 17.9. The Morgan fingerprint density at radius 2 is 0.701 bits per heavy atom. The Balaban J connectivity index is 4.94. The molecule has 1 N–H and O–H groups in total. The molecule has 0 radical (unpaired) electrons. The molecule has 0 rings (SSSR count). The van der Waals surface area contributed by atoms with Gasteiger partial charge in [-0.3, -0.25) is 14.2 Å². The number of allylic oxidation sites excluding steroid dienone is 9. The minimum Gasteiger partial charge on any atom is -0.756 e. The fourth-order valence-corrected chi connectivity index (χ4v) is 11.9. The van der Waals surface area contributed by atoms with Crippen molar-refractivity contribution in [1.29, 1.82) is 0 Å². The summed E-state index contributed by atoms with van der Waals surface area (Å²) in [4.78, 5) is 40.2. The number of carbonyl (C=O) groups excluding carboxylic acids is 2. The third kappa shape index (κ3) is 67.9. The van der Waals surface area contributed by atoms with Gasteiger partial charge in [-0.05, 0) is 76.7 Å². The molecule has 1 amide bonds. The minimum atomic E-state index is -4.71. The van der Waals surface area contributed by atoms with E-state index in [4.69, 9.17) is 13.8 Å². The molecule has 9 nitrogen and oxygen atoms in total. The zero-order chi connectivity index (χ0) is 63.5. The normalized spacial score (nSPS) is 13.8. The van der Waals surface area contributed by atoms with Gasteiger partial charge in [-0.15, -0.1) is 0 Å². The molecule has 0 aliphatic rings. The number of quaternary nitrogens is 1. The lowest BCUT2D eigenvalue weighted by atomic mass is 10.0. The van der Waals surface area contributed by atoms with Gasteiger partial charge in [0.1, 0.15) is 19.3 Å². The van der Waals surface area contributed by atoms with E-state index in [9.17, 15) is 19.0 Å². The molecule has 0 saturated heterocycles. The van der Waals surface area contributed by atoms with Crippen LogP contribution in [0.3, 0.4) is 0 Å². The highest BCUT2D eigenvalue weighted by Crippen LogP contribution is 2.38. The number of rotatable bonds is 69. The van der Waals surface area contributed by atoms with Crippen molar-refractivity contribution in [2.24, 2.45) is 0 Å². The number of esters is 1. The number of ether oxygens (including phenoxy) is 1. The first kappa shape index (κ1) is 84.7. The molecular weight excluding hydrogens is 1100 g/mol. The fourth-order valence-electron chi connectivity index (χ4n) is 11.2. The van der Waals surface area contributed by atoms with Crippen molar-refractivity contribution in [3.05, 3.63) is 60.8 Å². The molecule has 3 unspecified atom stereocenters. The number of hydrogen-bond acceptors (Lipinski definition) is 7. The summed E-state index contributed by atoms with van der Waals surface area (Å²) in [7, 11) is 1.19. The lowest BCUT2D eigenvalue weighted by molar-refractivity contribution is -0.870. The summed E-state index contributed by atoms with van der Waals surface area (Å²) in [6.07, 6.45) is 86.4. The molecule has 0 fully saturated rings. The third-order valence-electron chi connectivity index (χ3n) is 17.0. The molecule has 510 valence electrons. The highest BCUT2D eigenvalue weighted by atomic mass is 31.2. The van der Waals surface area contributed by atoms with Crippen LogP contribution in [0.2, 0.25) is 0 Å². The van der Waals surface area contributed by atoms with E-state index >= 15 is 0 Å². The van der Waals surface area contributed by atoms with Crippen molar-refractivity contribution in [2.45, 2.75) is 380 Å². The number of likely N-dealkylation sites (N-methyl/N-ethyl adjacent to an activating group) is 1. The number of nitrogens with one attached hydrogen (secondary N) is 1. The second-order valence-corrected chi connectivity index (χ2v) is 28.2. The number of phosphoric acid groups is 1. The molecule has 0 saturated carbocycles. The van der Waals surface area contributed by atoms with Crippen LogP contribution < -0.4 is 10.2 Å². The summed E-state index contributed by atoms with van der Waals surface area (Å²) in [6, 6.07) is -0.890. The Morgan fingerprint density at radius 1 is 0.402 bits per heavy atom. The molecule has 87 heavy (non-hydrogen) atoms. The van der Waals surface area contributed by atoms with Gasteiger partial charge in [0, 0.05) is 12.8 Å². The fraction of sp³-hybridized carbons (Fsp3) is 0.844. The molecule has 0 spiro atoms. The van der Waals surface area contributed by atoms with Crippen molar-refractivity contribution in [2.75, 3.05) is 40.9 Å². The van der Waals surface area contributed by atoms with Crippen molar-refractivity contribution < 1.29 is 37.3 Å². The van der Waals surface area contributed by atoms with Gasteiger partial charge in [-0.1, -0.05) is 339 Å².